The molecule has 0 fully saturated rings. The molecule has 0 saturated heterocycles. The topological polar surface area (TPSA) is 36.4 Å². The van der Waals surface area contributed by atoms with Crippen LogP contribution in [0.25, 0.3) is 0 Å². The Hall–Kier alpha value is -2.27. The first-order valence-electron chi connectivity index (χ1n) is 6.07. The van der Waals surface area contributed by atoms with Crippen LogP contribution in [0.2, 0.25) is 0 Å². The Morgan fingerprint density at radius 1 is 1.05 bits per heavy atom. The Balaban J connectivity index is 1.93. The first-order valence-corrected chi connectivity index (χ1v) is 6.48. The van der Waals surface area contributed by atoms with Gasteiger partial charge in [0.15, 0.2) is 5.11 Å². The summed E-state index contributed by atoms with van der Waals surface area (Å²) in [4.78, 5) is 0. The van der Waals surface area contributed by atoms with Gasteiger partial charge in [0.05, 0.1) is 5.71 Å². The van der Waals surface area contributed by atoms with E-state index in [-0.39, 0.29) is 5.82 Å². The van der Waals surface area contributed by atoms with Gasteiger partial charge in [0.1, 0.15) is 5.82 Å². The third kappa shape index (κ3) is 4.13. The summed E-state index contributed by atoms with van der Waals surface area (Å²) in [7, 11) is 0. The summed E-state index contributed by atoms with van der Waals surface area (Å²) >= 11 is 5.11. The molecule has 0 aliphatic rings. The highest BCUT2D eigenvalue weighted by molar-refractivity contribution is 7.80. The summed E-state index contributed by atoms with van der Waals surface area (Å²) < 4.78 is 12.8. The maximum absolute atomic E-state index is 12.8. The van der Waals surface area contributed by atoms with Crippen molar-refractivity contribution in [3.05, 3.63) is 66.0 Å². The van der Waals surface area contributed by atoms with Crippen molar-refractivity contribution >= 4 is 28.7 Å². The van der Waals surface area contributed by atoms with Gasteiger partial charge in [0, 0.05) is 5.69 Å². The lowest BCUT2D eigenvalue weighted by molar-refractivity contribution is 0.628. The molecule has 0 aliphatic heterocycles. The molecule has 20 heavy (non-hydrogen) atoms. The van der Waals surface area contributed by atoms with Gasteiger partial charge in [-0.3, -0.25) is 5.43 Å². The highest BCUT2D eigenvalue weighted by atomic mass is 32.1. The molecule has 0 atom stereocenters. The second-order valence-electron chi connectivity index (χ2n) is 4.14. The van der Waals surface area contributed by atoms with Crippen molar-refractivity contribution in [3.8, 4) is 0 Å². The summed E-state index contributed by atoms with van der Waals surface area (Å²) in [5.41, 5.74) is 5.31. The molecule has 2 N–H and O–H groups in total. The molecule has 102 valence electrons. The third-order valence-electron chi connectivity index (χ3n) is 2.62. The minimum atomic E-state index is -0.285. The highest BCUT2D eigenvalue weighted by Gasteiger charge is 1.99. The van der Waals surface area contributed by atoms with E-state index in [1.165, 1.54) is 12.1 Å². The highest BCUT2D eigenvalue weighted by Crippen LogP contribution is 2.07. The molecule has 0 aliphatic carbocycles. The molecule has 0 aromatic heterocycles. The SMILES string of the molecule is C/C(=N/NC(=S)Nc1ccc(F)cc1)c1ccccc1. The number of halogens is 1. The average Bonchev–Trinajstić information content (AvgIpc) is 2.48. The second-order valence-corrected chi connectivity index (χ2v) is 4.54. The van der Waals surface area contributed by atoms with Crippen LogP contribution in [0.4, 0.5) is 10.1 Å². The van der Waals surface area contributed by atoms with Gasteiger partial charge >= 0.3 is 0 Å². The predicted molar refractivity (Wildman–Crippen MR) is 84.4 cm³/mol. The van der Waals surface area contributed by atoms with E-state index in [1.54, 1.807) is 12.1 Å². The molecule has 0 bridgehead atoms. The van der Waals surface area contributed by atoms with E-state index >= 15 is 0 Å². The fraction of sp³-hybridized carbons (Fsp3) is 0.0667. The van der Waals surface area contributed by atoms with Crippen molar-refractivity contribution in [2.75, 3.05) is 5.32 Å². The lowest BCUT2D eigenvalue weighted by Gasteiger charge is -2.08. The summed E-state index contributed by atoms with van der Waals surface area (Å²) in [6.45, 7) is 1.89. The zero-order valence-corrected chi connectivity index (χ0v) is 11.7. The van der Waals surface area contributed by atoms with Gasteiger partial charge in [-0.2, -0.15) is 5.10 Å². The Kier molecular flexibility index (Phi) is 4.79. The largest absolute Gasteiger partial charge is 0.331 e. The van der Waals surface area contributed by atoms with Crippen molar-refractivity contribution in [2.45, 2.75) is 6.92 Å². The first-order chi connectivity index (χ1) is 9.65. The van der Waals surface area contributed by atoms with Crippen molar-refractivity contribution < 1.29 is 4.39 Å². The van der Waals surface area contributed by atoms with E-state index in [0.29, 0.717) is 10.8 Å². The lowest BCUT2D eigenvalue weighted by Crippen LogP contribution is -2.24. The minimum absolute atomic E-state index is 0.285. The molecular weight excluding hydrogens is 273 g/mol. The standard InChI is InChI=1S/C15H14FN3S/c1-11(12-5-3-2-4-6-12)18-19-15(20)17-14-9-7-13(16)8-10-14/h2-10H,1H3,(H2,17,19,20)/b18-11-. The van der Waals surface area contributed by atoms with Crippen molar-refractivity contribution in [2.24, 2.45) is 5.10 Å². The fourth-order valence-corrected chi connectivity index (χ4v) is 1.73. The van der Waals surface area contributed by atoms with Crippen LogP contribution in [0, 0.1) is 5.82 Å². The van der Waals surface area contributed by atoms with Crippen LogP contribution in [-0.4, -0.2) is 10.8 Å². The van der Waals surface area contributed by atoms with Gasteiger partial charge in [-0.15, -0.1) is 0 Å². The quantitative estimate of drug-likeness (QED) is 0.515. The van der Waals surface area contributed by atoms with Crippen molar-refractivity contribution in [1.29, 1.82) is 0 Å². The van der Waals surface area contributed by atoms with E-state index in [2.05, 4.69) is 15.8 Å². The maximum atomic E-state index is 12.8. The normalized spacial score (nSPS) is 11.0. The number of hydrogen-bond donors (Lipinski definition) is 2. The van der Waals surface area contributed by atoms with Crippen molar-refractivity contribution in [1.82, 2.24) is 5.43 Å². The Bertz CT molecular complexity index is 609. The van der Waals surface area contributed by atoms with Crippen molar-refractivity contribution in [3.63, 3.8) is 0 Å². The molecule has 0 heterocycles. The van der Waals surface area contributed by atoms with Crippen LogP contribution < -0.4 is 10.7 Å². The molecule has 2 aromatic carbocycles. The van der Waals surface area contributed by atoms with Crippen LogP contribution in [-0.2, 0) is 0 Å². The predicted octanol–water partition coefficient (Wildman–Crippen LogP) is 3.54. The molecule has 5 heteroatoms. The number of rotatable bonds is 3. The number of thiocarbonyl (C=S) groups is 1. The number of anilines is 1. The monoisotopic (exact) mass is 287 g/mol. The van der Waals surface area contributed by atoms with Crippen LogP contribution in [0.1, 0.15) is 12.5 Å². The van der Waals surface area contributed by atoms with Crippen LogP contribution in [0.3, 0.4) is 0 Å². The van der Waals surface area contributed by atoms with Gasteiger partial charge in [0.25, 0.3) is 0 Å². The van der Waals surface area contributed by atoms with Gasteiger partial charge < -0.3 is 5.32 Å². The second kappa shape index (κ2) is 6.77. The molecule has 2 rings (SSSR count). The zero-order valence-electron chi connectivity index (χ0n) is 10.9. The molecule has 0 radical (unpaired) electrons. The summed E-state index contributed by atoms with van der Waals surface area (Å²) in [5.74, 6) is -0.285. The smallest absolute Gasteiger partial charge is 0.191 e. The van der Waals surface area contributed by atoms with E-state index in [1.807, 2.05) is 37.3 Å². The molecule has 2 aromatic rings. The summed E-state index contributed by atoms with van der Waals surface area (Å²) in [6.07, 6.45) is 0. The lowest BCUT2D eigenvalue weighted by atomic mass is 10.1. The van der Waals surface area contributed by atoms with E-state index in [9.17, 15) is 4.39 Å². The van der Waals surface area contributed by atoms with Gasteiger partial charge in [0.2, 0.25) is 0 Å². The van der Waals surface area contributed by atoms with Crippen LogP contribution in [0.15, 0.2) is 59.7 Å². The number of nitrogens with zero attached hydrogens (tertiary/aromatic N) is 1. The number of hydrazone groups is 1. The number of hydrogen-bond acceptors (Lipinski definition) is 2. The Morgan fingerprint density at radius 3 is 2.35 bits per heavy atom. The van der Waals surface area contributed by atoms with Gasteiger partial charge in [-0.1, -0.05) is 30.3 Å². The van der Waals surface area contributed by atoms with Crippen LogP contribution >= 0.6 is 12.2 Å². The molecule has 0 spiro atoms. The minimum Gasteiger partial charge on any atom is -0.331 e. The van der Waals surface area contributed by atoms with Gasteiger partial charge in [-0.25, -0.2) is 4.39 Å². The van der Waals surface area contributed by atoms with E-state index < -0.39 is 0 Å². The number of nitrogens with one attached hydrogen (secondary N) is 2. The average molecular weight is 287 g/mol. The Labute approximate surface area is 122 Å². The third-order valence-corrected chi connectivity index (χ3v) is 2.81. The van der Waals surface area contributed by atoms with Crippen LogP contribution in [0.5, 0.6) is 0 Å². The summed E-state index contributed by atoms with van der Waals surface area (Å²) in [6, 6.07) is 15.7. The molecule has 0 unspecified atom stereocenters. The number of benzene rings is 2. The van der Waals surface area contributed by atoms with E-state index in [4.69, 9.17) is 12.2 Å². The fourth-order valence-electron chi connectivity index (χ4n) is 1.57. The molecule has 3 nitrogen and oxygen atoms in total. The first kappa shape index (κ1) is 14.1. The molecular formula is C15H14FN3S. The zero-order chi connectivity index (χ0) is 14.4. The molecule has 0 amide bonds. The Morgan fingerprint density at radius 2 is 1.70 bits per heavy atom. The maximum Gasteiger partial charge on any atom is 0.191 e. The van der Waals surface area contributed by atoms with E-state index in [0.717, 1.165) is 11.3 Å². The van der Waals surface area contributed by atoms with Gasteiger partial charge in [-0.05, 0) is 49.0 Å². The molecule has 0 saturated carbocycles. The summed E-state index contributed by atoms with van der Waals surface area (Å²) in [5, 5.41) is 7.47.